The summed E-state index contributed by atoms with van der Waals surface area (Å²) >= 11 is 5.95. The van der Waals surface area contributed by atoms with Gasteiger partial charge < -0.3 is 29.5 Å². The molecule has 2 heterocycles. The van der Waals surface area contributed by atoms with E-state index >= 15 is 0 Å². The van der Waals surface area contributed by atoms with E-state index in [4.69, 9.17) is 25.8 Å². The van der Waals surface area contributed by atoms with E-state index in [-0.39, 0.29) is 18.9 Å². The molecular weight excluding hydrogens is 478 g/mol. The molecule has 0 bridgehead atoms. The van der Waals surface area contributed by atoms with Crippen LogP contribution in [-0.2, 0) is 25.4 Å². The van der Waals surface area contributed by atoms with Gasteiger partial charge in [0.2, 0.25) is 0 Å². The van der Waals surface area contributed by atoms with E-state index < -0.39 is 36.7 Å². The predicted molar refractivity (Wildman–Crippen MR) is 126 cm³/mol. The van der Waals surface area contributed by atoms with Gasteiger partial charge >= 0.3 is 5.97 Å². The number of hydrogen-bond donors (Lipinski definition) is 3. The third kappa shape index (κ3) is 4.97. The van der Waals surface area contributed by atoms with Crippen molar-refractivity contribution in [1.82, 2.24) is 4.57 Å². The molecular formula is C25H26ClNO8. The zero-order chi connectivity index (χ0) is 25.3. The number of methoxy groups -OCH3 is 1. The molecule has 35 heavy (non-hydrogen) atoms. The van der Waals surface area contributed by atoms with E-state index in [1.165, 1.54) is 7.11 Å². The summed E-state index contributed by atoms with van der Waals surface area (Å²) in [4.78, 5) is 26.0. The highest BCUT2D eigenvalue weighted by atomic mass is 35.5. The van der Waals surface area contributed by atoms with Crippen LogP contribution in [0.4, 0.5) is 0 Å². The maximum atomic E-state index is 13.3. The third-order valence-electron chi connectivity index (χ3n) is 6.17. The SMILES string of the molecule is CO[C@H]1OC(COC(=O)Cc2c(C)n(C(=O)c3ccc(Cl)cc3)c3ccccc23)[C@@H](O)C(O)[C@H]1O. The first-order chi connectivity index (χ1) is 16.7. The van der Waals surface area contributed by atoms with Crippen LogP contribution in [0.1, 0.15) is 21.6 Å². The van der Waals surface area contributed by atoms with Gasteiger partial charge in [-0.25, -0.2) is 0 Å². The number of para-hydroxylation sites is 1. The molecule has 1 aliphatic rings. The van der Waals surface area contributed by atoms with Gasteiger partial charge in [0.1, 0.15) is 31.0 Å². The number of fused-ring (bicyclic) bond motifs is 1. The van der Waals surface area contributed by atoms with E-state index in [0.717, 1.165) is 5.39 Å². The maximum Gasteiger partial charge on any atom is 0.310 e. The summed E-state index contributed by atoms with van der Waals surface area (Å²) in [7, 11) is 1.28. The highest BCUT2D eigenvalue weighted by Gasteiger charge is 2.44. The largest absolute Gasteiger partial charge is 0.463 e. The number of rotatable bonds is 6. The van der Waals surface area contributed by atoms with Gasteiger partial charge in [-0.05, 0) is 42.8 Å². The molecule has 0 saturated carbocycles. The van der Waals surface area contributed by atoms with Crippen molar-refractivity contribution < 1.29 is 39.1 Å². The van der Waals surface area contributed by atoms with Crippen LogP contribution in [-0.4, -0.2) is 76.2 Å². The molecule has 4 rings (SSSR count). The maximum absolute atomic E-state index is 13.3. The first kappa shape index (κ1) is 25.3. The fourth-order valence-corrected chi connectivity index (χ4v) is 4.39. The standard InChI is InChI=1S/C25H26ClNO8/c1-13-17(11-20(28)34-12-19-21(29)22(30)23(31)25(33-2)35-19)16-5-3-4-6-18(16)27(13)24(32)14-7-9-15(26)10-8-14/h3-10,19,21-23,25,29-31H,11-12H2,1-2H3/t19?,21-,22?,23-,25+/m1/s1. The minimum Gasteiger partial charge on any atom is -0.463 e. The topological polar surface area (TPSA) is 127 Å². The van der Waals surface area contributed by atoms with Gasteiger partial charge in [-0.15, -0.1) is 0 Å². The summed E-state index contributed by atoms with van der Waals surface area (Å²) in [5.41, 5.74) is 2.32. The molecule has 3 aromatic rings. The van der Waals surface area contributed by atoms with E-state index in [2.05, 4.69) is 0 Å². The molecule has 3 N–H and O–H groups in total. The number of aliphatic hydroxyl groups excluding tert-OH is 3. The Labute approximate surface area is 206 Å². The molecule has 1 aromatic heterocycles. The van der Waals surface area contributed by atoms with Crippen LogP contribution in [0, 0.1) is 6.92 Å². The number of aliphatic hydroxyl groups is 3. The number of carbonyl (C=O) groups is 2. The molecule has 186 valence electrons. The first-order valence-corrected chi connectivity index (χ1v) is 11.4. The quantitative estimate of drug-likeness (QED) is 0.435. The van der Waals surface area contributed by atoms with Crippen LogP contribution in [0.3, 0.4) is 0 Å². The number of benzene rings is 2. The minimum absolute atomic E-state index is 0.130. The van der Waals surface area contributed by atoms with Crippen LogP contribution < -0.4 is 0 Å². The lowest BCUT2D eigenvalue weighted by Crippen LogP contribution is -2.59. The Kier molecular flexibility index (Phi) is 7.56. The van der Waals surface area contributed by atoms with Gasteiger partial charge in [0.15, 0.2) is 6.29 Å². The smallest absolute Gasteiger partial charge is 0.310 e. The summed E-state index contributed by atoms with van der Waals surface area (Å²) < 4.78 is 17.2. The van der Waals surface area contributed by atoms with Gasteiger partial charge in [-0.1, -0.05) is 29.8 Å². The van der Waals surface area contributed by atoms with Crippen LogP contribution in [0.25, 0.3) is 10.9 Å². The van der Waals surface area contributed by atoms with Crippen LogP contribution in [0.15, 0.2) is 48.5 Å². The molecule has 1 saturated heterocycles. The highest BCUT2D eigenvalue weighted by molar-refractivity contribution is 6.30. The monoisotopic (exact) mass is 503 g/mol. The van der Waals surface area contributed by atoms with Crippen LogP contribution in [0.5, 0.6) is 0 Å². The van der Waals surface area contributed by atoms with Crippen molar-refractivity contribution in [1.29, 1.82) is 0 Å². The predicted octanol–water partition coefficient (Wildman–Crippen LogP) is 1.83. The summed E-state index contributed by atoms with van der Waals surface area (Å²) in [5, 5.41) is 31.3. The Hall–Kier alpha value is -2.79. The van der Waals surface area contributed by atoms with Crippen molar-refractivity contribution >= 4 is 34.4 Å². The average molecular weight is 504 g/mol. The van der Waals surface area contributed by atoms with Crippen molar-refractivity contribution in [2.75, 3.05) is 13.7 Å². The molecule has 9 nitrogen and oxygen atoms in total. The van der Waals surface area contributed by atoms with Crippen molar-refractivity contribution in [2.24, 2.45) is 0 Å². The average Bonchev–Trinajstić information content (AvgIpc) is 3.13. The van der Waals surface area contributed by atoms with Crippen molar-refractivity contribution in [3.8, 4) is 0 Å². The second-order valence-electron chi connectivity index (χ2n) is 8.34. The number of carbonyl (C=O) groups excluding carboxylic acids is 2. The molecule has 1 aliphatic heterocycles. The molecule has 1 fully saturated rings. The first-order valence-electron chi connectivity index (χ1n) is 11.0. The van der Waals surface area contributed by atoms with Gasteiger partial charge in [-0.2, -0.15) is 0 Å². The van der Waals surface area contributed by atoms with Gasteiger partial charge in [0, 0.05) is 28.8 Å². The molecule has 0 radical (unpaired) electrons. The molecule has 2 unspecified atom stereocenters. The number of esters is 1. The molecule has 0 amide bonds. The number of ether oxygens (including phenoxy) is 3. The van der Waals surface area contributed by atoms with Gasteiger partial charge in [0.05, 0.1) is 11.9 Å². The molecule has 2 aromatic carbocycles. The number of hydrogen-bond acceptors (Lipinski definition) is 8. The fourth-order valence-electron chi connectivity index (χ4n) is 4.26. The Morgan fingerprint density at radius 3 is 2.40 bits per heavy atom. The van der Waals surface area contributed by atoms with Gasteiger partial charge in [-0.3, -0.25) is 14.2 Å². The van der Waals surface area contributed by atoms with E-state index in [1.54, 1.807) is 41.8 Å². The van der Waals surface area contributed by atoms with Crippen LogP contribution in [0.2, 0.25) is 5.02 Å². The Morgan fingerprint density at radius 1 is 1.03 bits per heavy atom. The van der Waals surface area contributed by atoms with Gasteiger partial charge in [0.25, 0.3) is 5.91 Å². The molecule has 0 aliphatic carbocycles. The zero-order valence-electron chi connectivity index (χ0n) is 19.1. The Balaban J connectivity index is 1.54. The highest BCUT2D eigenvalue weighted by Crippen LogP contribution is 2.28. The number of aromatic nitrogens is 1. The summed E-state index contributed by atoms with van der Waals surface area (Å²) in [5.74, 6) is -0.868. The van der Waals surface area contributed by atoms with E-state index in [1.807, 2.05) is 18.2 Å². The van der Waals surface area contributed by atoms with E-state index in [9.17, 15) is 24.9 Å². The molecule has 0 spiro atoms. The van der Waals surface area contributed by atoms with Crippen molar-refractivity contribution in [3.05, 3.63) is 70.4 Å². The summed E-state index contributed by atoms with van der Waals surface area (Å²) in [6.07, 6.45) is -6.81. The third-order valence-corrected chi connectivity index (χ3v) is 6.42. The fraction of sp³-hybridized carbons (Fsp3) is 0.360. The normalized spacial score (nSPS) is 24.5. The molecule has 5 atom stereocenters. The van der Waals surface area contributed by atoms with Crippen LogP contribution >= 0.6 is 11.6 Å². The Morgan fingerprint density at radius 2 is 1.71 bits per heavy atom. The summed E-state index contributed by atoms with van der Waals surface area (Å²) in [6, 6.07) is 13.8. The lowest BCUT2D eigenvalue weighted by molar-refractivity contribution is -0.295. The zero-order valence-corrected chi connectivity index (χ0v) is 19.9. The number of halogens is 1. The number of nitrogens with zero attached hydrogens (tertiary/aromatic N) is 1. The second-order valence-corrected chi connectivity index (χ2v) is 8.78. The second kappa shape index (κ2) is 10.4. The lowest BCUT2D eigenvalue weighted by Gasteiger charge is -2.39. The summed E-state index contributed by atoms with van der Waals surface area (Å²) in [6.45, 7) is 1.40. The lowest BCUT2D eigenvalue weighted by atomic mass is 9.99. The Bertz CT molecular complexity index is 1220. The molecule has 10 heteroatoms. The van der Waals surface area contributed by atoms with Crippen molar-refractivity contribution in [3.63, 3.8) is 0 Å². The minimum atomic E-state index is -1.52. The van der Waals surface area contributed by atoms with Crippen molar-refractivity contribution in [2.45, 2.75) is 44.1 Å². The van der Waals surface area contributed by atoms with E-state index in [0.29, 0.717) is 27.4 Å².